The number of amides is 2. The Morgan fingerprint density at radius 3 is 2.45 bits per heavy atom. The average Bonchev–Trinajstić information content (AvgIpc) is 2.96. The molecule has 0 saturated heterocycles. The van der Waals surface area contributed by atoms with Crippen molar-refractivity contribution in [3.63, 3.8) is 0 Å². The molecular weight excluding hydrogens is 546 g/mol. The summed E-state index contributed by atoms with van der Waals surface area (Å²) in [5, 5.41) is 14.7. The molecule has 42 heavy (non-hydrogen) atoms. The number of fused-ring (bicyclic) bond motifs is 1. The highest BCUT2D eigenvalue weighted by atomic mass is 16.5. The van der Waals surface area contributed by atoms with E-state index in [0.29, 0.717) is 49.2 Å². The van der Waals surface area contributed by atoms with E-state index < -0.39 is 17.9 Å². The number of hydrogen-bond donors (Lipinski definition) is 5. The summed E-state index contributed by atoms with van der Waals surface area (Å²) in [6.07, 6.45) is 3.85. The molecule has 0 radical (unpaired) electrons. The number of unbranched alkanes of at least 4 members (excludes halogenated alkanes) is 2. The SMILES string of the molecule is COC(=O)CCCCCNC(=O)CCC(NC(=O)c1ccc(N(C)Cc2cnc3nc(N)nc(N)c3n2)cc1)C(=O)O. The summed E-state index contributed by atoms with van der Waals surface area (Å²) < 4.78 is 4.57. The van der Waals surface area contributed by atoms with Crippen LogP contribution in [0.2, 0.25) is 0 Å². The zero-order chi connectivity index (χ0) is 30.6. The molecule has 1 atom stereocenters. The molecule has 0 spiro atoms. The number of carboxylic acid groups (broad SMARTS) is 1. The van der Waals surface area contributed by atoms with Crippen molar-refractivity contribution in [2.45, 2.75) is 51.1 Å². The van der Waals surface area contributed by atoms with E-state index in [1.165, 1.54) is 7.11 Å². The molecule has 15 nitrogen and oxygen atoms in total. The number of ether oxygens (including phenoxy) is 1. The molecule has 0 bridgehead atoms. The molecule has 0 aliphatic rings. The number of aromatic nitrogens is 4. The number of benzene rings is 1. The largest absolute Gasteiger partial charge is 0.480 e. The van der Waals surface area contributed by atoms with Gasteiger partial charge in [0.15, 0.2) is 17.0 Å². The van der Waals surface area contributed by atoms with E-state index in [0.717, 1.165) is 12.1 Å². The van der Waals surface area contributed by atoms with E-state index in [2.05, 4.69) is 35.3 Å². The summed E-state index contributed by atoms with van der Waals surface area (Å²) in [5.74, 6) is -2.25. The minimum atomic E-state index is -1.24. The van der Waals surface area contributed by atoms with Crippen molar-refractivity contribution >= 4 is 52.4 Å². The first-order chi connectivity index (χ1) is 20.1. The lowest BCUT2D eigenvalue weighted by atomic mass is 10.1. The van der Waals surface area contributed by atoms with Gasteiger partial charge in [0.1, 0.15) is 6.04 Å². The molecule has 1 unspecified atom stereocenters. The lowest BCUT2D eigenvalue weighted by Gasteiger charge is -2.19. The van der Waals surface area contributed by atoms with E-state index in [-0.39, 0.29) is 42.0 Å². The van der Waals surface area contributed by atoms with Gasteiger partial charge in [0.2, 0.25) is 11.9 Å². The molecule has 3 aromatic rings. The highest BCUT2D eigenvalue weighted by Gasteiger charge is 2.22. The maximum atomic E-state index is 12.7. The third-order valence-electron chi connectivity index (χ3n) is 6.34. The number of carboxylic acids is 1. The van der Waals surface area contributed by atoms with Crippen LogP contribution in [0.5, 0.6) is 0 Å². The van der Waals surface area contributed by atoms with E-state index in [4.69, 9.17) is 11.5 Å². The van der Waals surface area contributed by atoms with Gasteiger partial charge in [-0.3, -0.25) is 14.4 Å². The smallest absolute Gasteiger partial charge is 0.326 e. The number of rotatable bonds is 15. The molecule has 0 aliphatic carbocycles. The lowest BCUT2D eigenvalue weighted by Crippen LogP contribution is -2.41. The Morgan fingerprint density at radius 2 is 1.76 bits per heavy atom. The van der Waals surface area contributed by atoms with Gasteiger partial charge in [0.25, 0.3) is 5.91 Å². The van der Waals surface area contributed by atoms with Crippen molar-refractivity contribution < 1.29 is 29.0 Å². The predicted octanol–water partition coefficient (Wildman–Crippen LogP) is 1.03. The Bertz CT molecular complexity index is 1420. The van der Waals surface area contributed by atoms with Crippen LogP contribution in [0.15, 0.2) is 30.5 Å². The molecule has 2 heterocycles. The topological polar surface area (TPSA) is 229 Å². The molecule has 0 aliphatic heterocycles. The lowest BCUT2D eigenvalue weighted by molar-refractivity contribution is -0.141. The molecule has 3 rings (SSSR count). The Labute approximate surface area is 242 Å². The molecule has 2 amide bonds. The number of nitrogens with one attached hydrogen (secondary N) is 2. The summed E-state index contributed by atoms with van der Waals surface area (Å²) in [6.45, 7) is 0.783. The summed E-state index contributed by atoms with van der Waals surface area (Å²) in [7, 11) is 3.17. The van der Waals surface area contributed by atoms with Gasteiger partial charge >= 0.3 is 11.9 Å². The average molecular weight is 582 g/mol. The zero-order valence-corrected chi connectivity index (χ0v) is 23.5. The number of nitrogen functional groups attached to an aromatic ring is 2. The van der Waals surface area contributed by atoms with Gasteiger partial charge in [-0.25, -0.2) is 14.8 Å². The minimum Gasteiger partial charge on any atom is -0.480 e. The van der Waals surface area contributed by atoms with Crippen LogP contribution < -0.4 is 27.0 Å². The molecule has 0 saturated carbocycles. The Balaban J connectivity index is 1.48. The van der Waals surface area contributed by atoms with Crippen LogP contribution in [0.3, 0.4) is 0 Å². The van der Waals surface area contributed by atoms with Gasteiger partial charge < -0.3 is 36.8 Å². The van der Waals surface area contributed by atoms with Crippen molar-refractivity contribution in [2.75, 3.05) is 37.1 Å². The van der Waals surface area contributed by atoms with Gasteiger partial charge in [-0.15, -0.1) is 0 Å². The number of methoxy groups -OCH3 is 1. The maximum Gasteiger partial charge on any atom is 0.326 e. The monoisotopic (exact) mass is 581 g/mol. The number of carbonyl (C=O) groups excluding carboxylic acids is 3. The summed E-state index contributed by atoms with van der Waals surface area (Å²) in [6, 6.07) is 5.36. The molecular formula is C27H35N9O6. The van der Waals surface area contributed by atoms with Crippen LogP contribution >= 0.6 is 0 Å². The first-order valence-corrected chi connectivity index (χ1v) is 13.3. The molecule has 2 aromatic heterocycles. The summed E-state index contributed by atoms with van der Waals surface area (Å²) in [5.41, 5.74) is 13.8. The molecule has 1 aromatic carbocycles. The van der Waals surface area contributed by atoms with Crippen LogP contribution in [0.25, 0.3) is 11.2 Å². The van der Waals surface area contributed by atoms with Crippen molar-refractivity contribution in [3.05, 3.63) is 41.7 Å². The number of hydrogen-bond acceptors (Lipinski definition) is 12. The molecule has 224 valence electrons. The predicted molar refractivity (Wildman–Crippen MR) is 154 cm³/mol. The fourth-order valence-corrected chi connectivity index (χ4v) is 4.02. The molecule has 15 heteroatoms. The summed E-state index contributed by atoms with van der Waals surface area (Å²) in [4.78, 5) is 66.2. The van der Waals surface area contributed by atoms with Gasteiger partial charge in [-0.2, -0.15) is 9.97 Å². The van der Waals surface area contributed by atoms with E-state index in [9.17, 15) is 24.3 Å². The minimum absolute atomic E-state index is 0.0141. The highest BCUT2D eigenvalue weighted by Crippen LogP contribution is 2.19. The van der Waals surface area contributed by atoms with Crippen LogP contribution in [0.1, 0.15) is 54.6 Å². The Morgan fingerprint density at radius 1 is 1.02 bits per heavy atom. The molecule has 7 N–H and O–H groups in total. The van der Waals surface area contributed by atoms with Gasteiger partial charge in [-0.1, -0.05) is 6.42 Å². The van der Waals surface area contributed by atoms with Crippen molar-refractivity contribution in [1.29, 1.82) is 0 Å². The molecule has 0 fully saturated rings. The number of aliphatic carboxylic acids is 1. The highest BCUT2D eigenvalue weighted by molar-refractivity contribution is 5.97. The second-order valence-corrected chi connectivity index (χ2v) is 9.54. The van der Waals surface area contributed by atoms with Crippen LogP contribution in [-0.2, 0) is 25.7 Å². The number of esters is 1. The first-order valence-electron chi connectivity index (χ1n) is 13.3. The first kappa shape index (κ1) is 31.4. The Kier molecular flexibility index (Phi) is 11.3. The van der Waals surface area contributed by atoms with Crippen molar-refractivity contribution in [3.8, 4) is 0 Å². The second kappa shape index (κ2) is 15.1. The van der Waals surface area contributed by atoms with Gasteiger partial charge in [-0.05, 0) is 43.5 Å². The third-order valence-corrected chi connectivity index (χ3v) is 6.34. The third kappa shape index (κ3) is 9.25. The quantitative estimate of drug-likeness (QED) is 0.125. The van der Waals surface area contributed by atoms with Crippen LogP contribution in [0, 0.1) is 0 Å². The fourth-order valence-electron chi connectivity index (χ4n) is 4.02. The van der Waals surface area contributed by atoms with E-state index in [1.54, 1.807) is 30.5 Å². The van der Waals surface area contributed by atoms with Crippen molar-refractivity contribution in [2.24, 2.45) is 0 Å². The number of nitrogens with two attached hydrogens (primary N) is 2. The normalized spacial score (nSPS) is 11.5. The van der Waals surface area contributed by atoms with Crippen molar-refractivity contribution in [1.82, 2.24) is 30.6 Å². The second-order valence-electron chi connectivity index (χ2n) is 9.54. The summed E-state index contributed by atoms with van der Waals surface area (Å²) >= 11 is 0. The van der Waals surface area contributed by atoms with Gasteiger partial charge in [0.05, 0.1) is 25.5 Å². The maximum absolute atomic E-state index is 12.7. The zero-order valence-electron chi connectivity index (χ0n) is 23.5. The van der Waals surface area contributed by atoms with Crippen LogP contribution in [0.4, 0.5) is 17.5 Å². The number of carbonyl (C=O) groups is 4. The Hall–Kier alpha value is -5.08. The standard InChI is InChI=1S/C27H35N9O6/c1-36(15-17-14-31-24-22(32-17)23(28)34-27(29)35-24)18-9-7-16(8-10-18)25(39)33-19(26(40)41)11-12-20(37)30-13-5-3-4-6-21(38)42-2/h7-10,14,19H,3-6,11-13,15H2,1-2H3,(H,30,37)(H,33,39)(H,40,41)(H4,28,29,31,34,35). The van der Waals surface area contributed by atoms with E-state index in [1.807, 2.05) is 11.9 Å². The number of anilines is 3. The number of nitrogens with zero attached hydrogens (tertiary/aromatic N) is 5. The van der Waals surface area contributed by atoms with Crippen LogP contribution in [-0.4, -0.2) is 75.5 Å². The fraction of sp³-hybridized carbons (Fsp3) is 0.407. The van der Waals surface area contributed by atoms with E-state index >= 15 is 0 Å². The van der Waals surface area contributed by atoms with Gasteiger partial charge in [0, 0.05) is 37.7 Å².